The van der Waals surface area contributed by atoms with Crippen LogP contribution in [0.2, 0.25) is 0 Å². The molecule has 0 unspecified atom stereocenters. The molecule has 1 amide bonds. The first-order valence-corrected chi connectivity index (χ1v) is 8.78. The number of carbonyl (C=O) groups is 1. The molecule has 3 N–H and O–H groups in total. The third-order valence-electron chi connectivity index (χ3n) is 4.17. The van der Waals surface area contributed by atoms with E-state index in [1.165, 1.54) is 12.1 Å². The molecule has 1 aliphatic heterocycles. The molecule has 2 heterocycles. The zero-order valence-electron chi connectivity index (χ0n) is 13.4. The second kappa shape index (κ2) is 7.79. The molecule has 0 radical (unpaired) electrons. The molecule has 25 heavy (non-hydrogen) atoms. The molecule has 5 nitrogen and oxygen atoms in total. The third-order valence-corrected chi connectivity index (χ3v) is 4.63. The van der Waals surface area contributed by atoms with Crippen molar-refractivity contribution in [1.82, 2.24) is 4.98 Å². The van der Waals surface area contributed by atoms with Gasteiger partial charge in [-0.2, -0.15) is 0 Å². The van der Waals surface area contributed by atoms with Crippen LogP contribution in [0.3, 0.4) is 0 Å². The van der Waals surface area contributed by atoms with E-state index in [0.29, 0.717) is 35.9 Å². The number of nitrogens with two attached hydrogens (primary N) is 1. The van der Waals surface area contributed by atoms with E-state index >= 15 is 0 Å². The number of rotatable bonds is 4. The van der Waals surface area contributed by atoms with Crippen LogP contribution in [0.25, 0.3) is 0 Å². The van der Waals surface area contributed by atoms with Crippen molar-refractivity contribution in [3.63, 3.8) is 0 Å². The van der Waals surface area contributed by atoms with E-state index in [4.69, 9.17) is 5.14 Å². The lowest BCUT2D eigenvalue weighted by Crippen LogP contribution is -2.41. The first-order valence-electron chi connectivity index (χ1n) is 7.90. The van der Waals surface area contributed by atoms with E-state index in [9.17, 15) is 13.6 Å². The lowest BCUT2D eigenvalue weighted by atomic mass is 9.96. The summed E-state index contributed by atoms with van der Waals surface area (Å²) in [6.45, 7) is 1.02. The molecule has 8 heteroatoms. The maximum absolute atomic E-state index is 14.0. The van der Waals surface area contributed by atoms with Crippen molar-refractivity contribution in [2.24, 2.45) is 11.1 Å². The number of amides is 1. The van der Waals surface area contributed by atoms with Gasteiger partial charge in [-0.1, -0.05) is 0 Å². The highest BCUT2D eigenvalue weighted by Gasteiger charge is 2.27. The predicted molar refractivity (Wildman–Crippen MR) is 94.2 cm³/mol. The molecule has 0 bridgehead atoms. The van der Waals surface area contributed by atoms with Gasteiger partial charge in [0.15, 0.2) is 0 Å². The van der Waals surface area contributed by atoms with Crippen LogP contribution in [0.5, 0.6) is 0 Å². The number of aromatic nitrogens is 1. The summed E-state index contributed by atoms with van der Waals surface area (Å²) in [5.74, 6) is -1.63. The van der Waals surface area contributed by atoms with E-state index < -0.39 is 11.6 Å². The molecule has 3 rings (SSSR count). The Balaban J connectivity index is 1.69. The SMILES string of the molecule is NSc1cc(NC(=O)[C@H]2CCCN(c3ccc(F)cc3F)C2)ccn1. The minimum Gasteiger partial charge on any atom is -0.368 e. The Kier molecular flexibility index (Phi) is 5.50. The van der Waals surface area contributed by atoms with Crippen LogP contribution in [0.4, 0.5) is 20.2 Å². The van der Waals surface area contributed by atoms with Crippen LogP contribution in [0, 0.1) is 17.6 Å². The highest BCUT2D eigenvalue weighted by Crippen LogP contribution is 2.27. The molecule has 1 fully saturated rings. The Morgan fingerprint density at radius 3 is 2.92 bits per heavy atom. The van der Waals surface area contributed by atoms with E-state index in [0.717, 1.165) is 24.4 Å². The van der Waals surface area contributed by atoms with Crippen LogP contribution in [0.1, 0.15) is 12.8 Å². The molecule has 1 aromatic carbocycles. The lowest BCUT2D eigenvalue weighted by molar-refractivity contribution is -0.120. The van der Waals surface area contributed by atoms with Crippen molar-refractivity contribution in [2.45, 2.75) is 17.9 Å². The summed E-state index contributed by atoms with van der Waals surface area (Å²) in [4.78, 5) is 18.4. The van der Waals surface area contributed by atoms with Gasteiger partial charge in [0.1, 0.15) is 16.7 Å². The van der Waals surface area contributed by atoms with Gasteiger partial charge in [0.05, 0.1) is 11.6 Å². The van der Waals surface area contributed by atoms with Crippen LogP contribution in [0.15, 0.2) is 41.6 Å². The Hall–Kier alpha value is -2.19. The van der Waals surface area contributed by atoms with E-state index in [-0.39, 0.29) is 11.8 Å². The zero-order chi connectivity index (χ0) is 17.8. The maximum atomic E-state index is 14.0. The first kappa shape index (κ1) is 17.6. The molecular formula is C17H18F2N4OS. The summed E-state index contributed by atoms with van der Waals surface area (Å²) in [5.41, 5.74) is 0.947. The van der Waals surface area contributed by atoms with Gasteiger partial charge in [-0.05, 0) is 49.1 Å². The number of nitrogens with zero attached hydrogens (tertiary/aromatic N) is 2. The molecule has 0 spiro atoms. The first-order chi connectivity index (χ1) is 12.1. The van der Waals surface area contributed by atoms with Gasteiger partial charge in [-0.3, -0.25) is 9.93 Å². The predicted octanol–water partition coefficient (Wildman–Crippen LogP) is 3.18. The lowest BCUT2D eigenvalue weighted by Gasteiger charge is -2.33. The molecule has 0 saturated carbocycles. The number of hydrogen-bond acceptors (Lipinski definition) is 5. The monoisotopic (exact) mass is 364 g/mol. The highest BCUT2D eigenvalue weighted by molar-refractivity contribution is 7.97. The Bertz CT molecular complexity index is 774. The Morgan fingerprint density at radius 2 is 2.16 bits per heavy atom. The fourth-order valence-electron chi connectivity index (χ4n) is 2.94. The van der Waals surface area contributed by atoms with Crippen molar-refractivity contribution in [3.05, 3.63) is 48.2 Å². The molecule has 0 aliphatic carbocycles. The third kappa shape index (κ3) is 4.26. The number of hydrogen-bond donors (Lipinski definition) is 2. The van der Waals surface area contributed by atoms with Gasteiger partial charge >= 0.3 is 0 Å². The van der Waals surface area contributed by atoms with Gasteiger partial charge < -0.3 is 10.2 Å². The van der Waals surface area contributed by atoms with Gasteiger partial charge in [-0.25, -0.2) is 13.8 Å². The summed E-state index contributed by atoms with van der Waals surface area (Å²) < 4.78 is 27.1. The minimum atomic E-state index is -0.612. The maximum Gasteiger partial charge on any atom is 0.229 e. The Morgan fingerprint density at radius 1 is 1.32 bits per heavy atom. The zero-order valence-corrected chi connectivity index (χ0v) is 14.2. The number of pyridine rings is 1. The van der Waals surface area contributed by atoms with Crippen LogP contribution >= 0.6 is 11.9 Å². The quantitative estimate of drug-likeness (QED) is 0.816. The van der Waals surface area contributed by atoms with E-state index in [1.807, 2.05) is 0 Å². The summed E-state index contributed by atoms with van der Waals surface area (Å²) in [6.07, 6.45) is 3.05. The molecule has 1 atom stereocenters. The standard InChI is InChI=1S/C17H18F2N4OS/c18-12-3-4-15(14(19)8-12)23-7-1-2-11(10-23)17(24)22-13-5-6-21-16(9-13)25-20/h3-6,8-9,11H,1-2,7,10,20H2,(H,21,22,24)/t11-/m0/s1. The number of anilines is 2. The molecular weight excluding hydrogens is 346 g/mol. The number of carbonyl (C=O) groups excluding carboxylic acids is 1. The molecule has 2 aromatic rings. The van der Waals surface area contributed by atoms with Crippen molar-refractivity contribution < 1.29 is 13.6 Å². The molecule has 1 aromatic heterocycles. The largest absolute Gasteiger partial charge is 0.368 e. The van der Waals surface area contributed by atoms with Crippen LogP contribution in [-0.2, 0) is 4.79 Å². The molecule has 1 saturated heterocycles. The minimum absolute atomic E-state index is 0.133. The van der Waals surface area contributed by atoms with Gasteiger partial charge in [0.25, 0.3) is 0 Å². The van der Waals surface area contributed by atoms with Gasteiger partial charge in [0, 0.05) is 31.0 Å². The van der Waals surface area contributed by atoms with Crippen LogP contribution in [-0.4, -0.2) is 24.0 Å². The van der Waals surface area contributed by atoms with E-state index in [2.05, 4.69) is 10.3 Å². The molecule has 132 valence electrons. The van der Waals surface area contributed by atoms with Crippen molar-refractivity contribution >= 4 is 29.2 Å². The number of nitrogens with one attached hydrogen (secondary N) is 1. The highest BCUT2D eigenvalue weighted by atomic mass is 32.2. The fraction of sp³-hybridized carbons (Fsp3) is 0.294. The Labute approximate surface area is 148 Å². The van der Waals surface area contributed by atoms with Crippen molar-refractivity contribution in [2.75, 3.05) is 23.3 Å². The average molecular weight is 364 g/mol. The summed E-state index contributed by atoms with van der Waals surface area (Å²) in [5, 5.41) is 8.93. The number of benzene rings is 1. The van der Waals surface area contributed by atoms with Crippen molar-refractivity contribution in [1.29, 1.82) is 0 Å². The fourth-order valence-corrected chi connectivity index (χ4v) is 3.26. The smallest absolute Gasteiger partial charge is 0.229 e. The van der Waals surface area contributed by atoms with Gasteiger partial charge in [-0.15, -0.1) is 0 Å². The molecule has 1 aliphatic rings. The van der Waals surface area contributed by atoms with Gasteiger partial charge in [0.2, 0.25) is 5.91 Å². The summed E-state index contributed by atoms with van der Waals surface area (Å²) in [6, 6.07) is 6.90. The second-order valence-corrected chi connectivity index (χ2v) is 6.52. The number of halogens is 2. The van der Waals surface area contributed by atoms with E-state index in [1.54, 1.807) is 23.2 Å². The second-order valence-electron chi connectivity index (χ2n) is 5.87. The van der Waals surface area contributed by atoms with Crippen molar-refractivity contribution in [3.8, 4) is 0 Å². The topological polar surface area (TPSA) is 71.2 Å². The summed E-state index contributed by atoms with van der Waals surface area (Å²) >= 11 is 1.00. The van der Waals surface area contributed by atoms with Crippen LogP contribution < -0.4 is 15.4 Å². The average Bonchev–Trinajstić information content (AvgIpc) is 2.62. The number of piperidine rings is 1. The summed E-state index contributed by atoms with van der Waals surface area (Å²) in [7, 11) is 0. The normalized spacial score (nSPS) is 17.4.